The van der Waals surface area contributed by atoms with E-state index in [2.05, 4.69) is 11.4 Å². The number of benzene rings is 2. The number of methoxy groups -OCH3 is 1. The molecule has 0 saturated heterocycles. The zero-order valence-electron chi connectivity index (χ0n) is 15.5. The highest BCUT2D eigenvalue weighted by atomic mass is 16.5. The van der Waals surface area contributed by atoms with Gasteiger partial charge in [-0.2, -0.15) is 0 Å². The number of carbonyl (C=O) groups is 2. The number of aryl methyl sites for hydroxylation is 2. The van der Waals surface area contributed by atoms with E-state index in [4.69, 9.17) is 4.74 Å². The second-order valence-electron chi connectivity index (χ2n) is 6.88. The lowest BCUT2D eigenvalue weighted by Crippen LogP contribution is -3.17. The lowest BCUT2D eigenvalue weighted by atomic mass is 9.94. The molecule has 0 saturated carbocycles. The Morgan fingerprint density at radius 1 is 1.08 bits per heavy atom. The average Bonchev–Trinajstić information content (AvgIpc) is 2.63. The third kappa shape index (κ3) is 3.78. The zero-order valence-corrected chi connectivity index (χ0v) is 15.5. The quantitative estimate of drug-likeness (QED) is 0.818. The highest BCUT2D eigenvalue weighted by Gasteiger charge is 2.37. The van der Waals surface area contributed by atoms with Gasteiger partial charge < -0.3 is 15.0 Å². The van der Waals surface area contributed by atoms with E-state index >= 15 is 0 Å². The van der Waals surface area contributed by atoms with Gasteiger partial charge in [0, 0.05) is 17.7 Å². The highest BCUT2D eigenvalue weighted by Crippen LogP contribution is 2.19. The van der Waals surface area contributed by atoms with Gasteiger partial charge in [-0.05, 0) is 30.5 Å². The van der Waals surface area contributed by atoms with Gasteiger partial charge in [0.25, 0.3) is 5.91 Å². The number of hydrogen-bond acceptors (Lipinski definition) is 3. The van der Waals surface area contributed by atoms with Crippen LogP contribution in [0.25, 0.3) is 0 Å². The van der Waals surface area contributed by atoms with E-state index < -0.39 is 0 Å². The van der Waals surface area contributed by atoms with Crippen molar-refractivity contribution in [2.45, 2.75) is 32.9 Å². The summed E-state index contributed by atoms with van der Waals surface area (Å²) in [7, 11) is 1.40. The van der Waals surface area contributed by atoms with Crippen LogP contribution in [0.2, 0.25) is 0 Å². The largest absolute Gasteiger partial charge is 0.465 e. The molecular formula is C21H25N2O3+. The molecule has 2 N–H and O–H groups in total. The van der Waals surface area contributed by atoms with Crippen LogP contribution >= 0.6 is 0 Å². The number of para-hydroxylation sites is 1. The molecule has 0 aromatic heterocycles. The topological polar surface area (TPSA) is 59.8 Å². The van der Waals surface area contributed by atoms with E-state index in [0.29, 0.717) is 13.0 Å². The Labute approximate surface area is 154 Å². The van der Waals surface area contributed by atoms with Crippen molar-refractivity contribution >= 4 is 17.6 Å². The predicted molar refractivity (Wildman–Crippen MR) is 100 cm³/mol. The Balaban J connectivity index is 1.78. The van der Waals surface area contributed by atoms with Crippen LogP contribution in [0.3, 0.4) is 0 Å². The Kier molecular flexibility index (Phi) is 5.38. The van der Waals surface area contributed by atoms with Crippen molar-refractivity contribution in [2.75, 3.05) is 19.0 Å². The second kappa shape index (κ2) is 7.70. The first kappa shape index (κ1) is 18.1. The van der Waals surface area contributed by atoms with Gasteiger partial charge in [-0.25, -0.2) is 4.79 Å². The first-order valence-corrected chi connectivity index (χ1v) is 8.85. The molecule has 1 aliphatic heterocycles. The van der Waals surface area contributed by atoms with Gasteiger partial charge in [0.2, 0.25) is 0 Å². The van der Waals surface area contributed by atoms with Crippen molar-refractivity contribution in [1.29, 1.82) is 0 Å². The lowest BCUT2D eigenvalue weighted by Gasteiger charge is -2.31. The van der Waals surface area contributed by atoms with Crippen LogP contribution < -0.4 is 10.2 Å². The molecule has 2 atom stereocenters. The molecule has 2 aromatic carbocycles. The fraction of sp³-hybridized carbons (Fsp3) is 0.333. The SMILES string of the molecule is COC(=O)[C@@H]1Cc2ccccc2C[NH+]1CC(=O)Nc1c(C)cccc1C. The summed E-state index contributed by atoms with van der Waals surface area (Å²) in [5.74, 6) is -0.361. The smallest absolute Gasteiger partial charge is 0.365 e. The van der Waals surface area contributed by atoms with Crippen LogP contribution in [0.4, 0.5) is 5.69 Å². The summed E-state index contributed by atoms with van der Waals surface area (Å²) >= 11 is 0. The summed E-state index contributed by atoms with van der Waals surface area (Å²) in [5, 5.41) is 3.02. The minimum absolute atomic E-state index is 0.0920. The molecule has 1 aliphatic rings. The van der Waals surface area contributed by atoms with Crippen LogP contribution in [-0.2, 0) is 27.3 Å². The number of amides is 1. The average molecular weight is 353 g/mol. The fourth-order valence-electron chi connectivity index (χ4n) is 3.64. The van der Waals surface area contributed by atoms with Gasteiger partial charge in [-0.1, -0.05) is 42.5 Å². The molecule has 2 aromatic rings. The molecule has 1 unspecified atom stereocenters. The monoisotopic (exact) mass is 353 g/mol. The molecule has 1 amide bonds. The number of hydrogen-bond donors (Lipinski definition) is 2. The molecule has 5 heteroatoms. The van der Waals surface area contributed by atoms with Crippen molar-refractivity contribution in [2.24, 2.45) is 0 Å². The Morgan fingerprint density at radius 2 is 1.73 bits per heavy atom. The van der Waals surface area contributed by atoms with Gasteiger partial charge in [0.1, 0.15) is 6.54 Å². The summed E-state index contributed by atoms with van der Waals surface area (Å²) in [5.41, 5.74) is 5.25. The number of ether oxygens (including phenoxy) is 1. The second-order valence-corrected chi connectivity index (χ2v) is 6.88. The minimum Gasteiger partial charge on any atom is -0.465 e. The lowest BCUT2D eigenvalue weighted by molar-refractivity contribution is -0.924. The van der Waals surface area contributed by atoms with E-state index in [1.807, 2.05) is 50.2 Å². The number of carbonyl (C=O) groups excluding carboxylic acids is 2. The maximum Gasteiger partial charge on any atom is 0.365 e. The van der Waals surface area contributed by atoms with E-state index in [1.165, 1.54) is 12.7 Å². The number of rotatable bonds is 4. The minimum atomic E-state index is -0.362. The Bertz CT molecular complexity index is 812. The summed E-state index contributed by atoms with van der Waals surface area (Å²) < 4.78 is 4.98. The van der Waals surface area contributed by atoms with Crippen LogP contribution in [0.15, 0.2) is 42.5 Å². The van der Waals surface area contributed by atoms with Crippen molar-refractivity contribution in [3.05, 3.63) is 64.7 Å². The van der Waals surface area contributed by atoms with Crippen molar-refractivity contribution in [3.8, 4) is 0 Å². The third-order valence-corrected chi connectivity index (χ3v) is 5.07. The van der Waals surface area contributed by atoms with E-state index in [0.717, 1.165) is 27.3 Å². The molecule has 5 nitrogen and oxygen atoms in total. The molecule has 3 rings (SSSR count). The summed E-state index contributed by atoms with van der Waals surface area (Å²) in [6.07, 6.45) is 0.592. The maximum absolute atomic E-state index is 12.7. The number of esters is 1. The molecule has 0 bridgehead atoms. The van der Waals surface area contributed by atoms with Crippen LogP contribution in [0.1, 0.15) is 22.3 Å². The molecule has 26 heavy (non-hydrogen) atoms. The molecule has 1 heterocycles. The van der Waals surface area contributed by atoms with Gasteiger partial charge in [0.15, 0.2) is 12.6 Å². The van der Waals surface area contributed by atoms with Crippen LogP contribution in [0, 0.1) is 13.8 Å². The summed E-state index contributed by atoms with van der Waals surface area (Å²) in [6, 6.07) is 13.6. The normalized spacial score (nSPS) is 18.7. The van der Waals surface area contributed by atoms with E-state index in [1.54, 1.807) is 0 Å². The summed E-state index contributed by atoms with van der Waals surface area (Å²) in [4.78, 5) is 25.8. The fourth-order valence-corrected chi connectivity index (χ4v) is 3.64. The third-order valence-electron chi connectivity index (χ3n) is 5.07. The molecule has 0 radical (unpaired) electrons. The predicted octanol–water partition coefficient (Wildman–Crippen LogP) is 1.42. The number of fused-ring (bicyclic) bond motifs is 1. The number of anilines is 1. The maximum atomic E-state index is 12.7. The molecular weight excluding hydrogens is 328 g/mol. The molecule has 136 valence electrons. The van der Waals surface area contributed by atoms with Crippen LogP contribution in [0.5, 0.6) is 0 Å². The Hall–Kier alpha value is -2.66. The van der Waals surface area contributed by atoms with Gasteiger partial charge >= 0.3 is 5.97 Å². The first-order chi connectivity index (χ1) is 12.5. The standard InChI is InChI=1S/C21H24N2O3/c1-14-7-6-8-15(2)20(14)22-19(24)13-23-12-17-10-5-4-9-16(17)11-18(23)21(25)26-3/h4-10,18H,11-13H2,1-3H3,(H,22,24)/p+1/t18-/m0/s1. The van der Waals surface area contributed by atoms with Gasteiger partial charge in [0.05, 0.1) is 7.11 Å². The summed E-state index contributed by atoms with van der Waals surface area (Å²) in [6.45, 7) is 4.81. The zero-order chi connectivity index (χ0) is 18.7. The van der Waals surface area contributed by atoms with E-state index in [9.17, 15) is 9.59 Å². The van der Waals surface area contributed by atoms with Crippen molar-refractivity contribution in [1.82, 2.24) is 0 Å². The Morgan fingerprint density at radius 3 is 2.38 bits per heavy atom. The highest BCUT2D eigenvalue weighted by molar-refractivity contribution is 5.93. The molecule has 0 spiro atoms. The number of quaternary nitrogens is 1. The van der Waals surface area contributed by atoms with Crippen molar-refractivity contribution < 1.29 is 19.2 Å². The molecule has 0 fully saturated rings. The van der Waals surface area contributed by atoms with E-state index in [-0.39, 0.29) is 24.5 Å². The molecule has 0 aliphatic carbocycles. The van der Waals surface area contributed by atoms with Gasteiger partial charge in [-0.3, -0.25) is 4.79 Å². The number of nitrogens with one attached hydrogen (secondary N) is 2. The van der Waals surface area contributed by atoms with Crippen molar-refractivity contribution in [3.63, 3.8) is 0 Å². The van der Waals surface area contributed by atoms with Gasteiger partial charge in [-0.15, -0.1) is 0 Å². The van der Waals surface area contributed by atoms with Crippen LogP contribution in [-0.4, -0.2) is 31.6 Å². The first-order valence-electron chi connectivity index (χ1n) is 8.85.